The van der Waals surface area contributed by atoms with Crippen molar-refractivity contribution in [3.05, 3.63) is 78.1 Å². The van der Waals surface area contributed by atoms with Crippen molar-refractivity contribution in [2.24, 2.45) is 0 Å². The van der Waals surface area contributed by atoms with Crippen molar-refractivity contribution >= 4 is 8.80 Å². The van der Waals surface area contributed by atoms with E-state index in [-0.39, 0.29) is 5.82 Å². The topological polar surface area (TPSA) is 9.23 Å². The third-order valence-corrected chi connectivity index (χ3v) is 11.1. The van der Waals surface area contributed by atoms with Gasteiger partial charge in [-0.05, 0) is 59.6 Å². The van der Waals surface area contributed by atoms with Gasteiger partial charge in [0.1, 0.15) is 11.6 Å². The largest absolute Gasteiger partial charge is 0.494 e. The van der Waals surface area contributed by atoms with Gasteiger partial charge in [-0.3, -0.25) is 0 Å². The molecular formula is C31H39FOSi. The number of hydrogen-bond donors (Lipinski definition) is 0. The molecule has 0 bridgehead atoms. The van der Waals surface area contributed by atoms with Crippen LogP contribution >= 0.6 is 0 Å². The Bertz CT molecular complexity index is 1020. The van der Waals surface area contributed by atoms with Crippen LogP contribution in [0.25, 0.3) is 22.3 Å². The minimum absolute atomic E-state index is 0.0291. The van der Waals surface area contributed by atoms with Crippen LogP contribution in [0.3, 0.4) is 0 Å². The van der Waals surface area contributed by atoms with Crippen molar-refractivity contribution in [3.8, 4) is 28.0 Å². The highest BCUT2D eigenvalue weighted by atomic mass is 28.3. The van der Waals surface area contributed by atoms with E-state index in [1.54, 1.807) is 0 Å². The third-order valence-electron chi connectivity index (χ3n) is 7.40. The van der Waals surface area contributed by atoms with E-state index in [1.165, 1.54) is 37.4 Å². The van der Waals surface area contributed by atoms with E-state index in [0.717, 1.165) is 59.4 Å². The fourth-order valence-electron chi connectivity index (χ4n) is 5.48. The molecular weight excluding hydrogens is 435 g/mol. The molecule has 1 aliphatic rings. The molecule has 1 nitrogen and oxygen atoms in total. The first-order valence-corrected chi connectivity index (χ1v) is 15.8. The maximum atomic E-state index is 16.3. The van der Waals surface area contributed by atoms with Crippen LogP contribution in [0.15, 0.2) is 66.7 Å². The lowest BCUT2D eigenvalue weighted by atomic mass is 9.86. The minimum Gasteiger partial charge on any atom is -0.494 e. The zero-order chi connectivity index (χ0) is 23.8. The molecule has 1 saturated heterocycles. The highest BCUT2D eigenvalue weighted by molar-refractivity contribution is 6.59. The zero-order valence-corrected chi connectivity index (χ0v) is 22.0. The van der Waals surface area contributed by atoms with Gasteiger partial charge in [-0.15, -0.1) is 0 Å². The predicted octanol–water partition coefficient (Wildman–Crippen LogP) is 9.24. The predicted molar refractivity (Wildman–Crippen MR) is 146 cm³/mol. The zero-order valence-electron chi connectivity index (χ0n) is 20.9. The van der Waals surface area contributed by atoms with E-state index in [0.29, 0.717) is 5.92 Å². The summed E-state index contributed by atoms with van der Waals surface area (Å²) in [6.07, 6.45) is 7.05. The summed E-state index contributed by atoms with van der Waals surface area (Å²) >= 11 is 0. The van der Waals surface area contributed by atoms with Crippen molar-refractivity contribution in [1.29, 1.82) is 0 Å². The number of hydrogen-bond acceptors (Lipinski definition) is 1. The Morgan fingerprint density at radius 2 is 1.56 bits per heavy atom. The van der Waals surface area contributed by atoms with Gasteiger partial charge < -0.3 is 4.74 Å². The number of halogens is 1. The van der Waals surface area contributed by atoms with Crippen LogP contribution < -0.4 is 4.74 Å². The highest BCUT2D eigenvalue weighted by Gasteiger charge is 2.27. The van der Waals surface area contributed by atoms with Gasteiger partial charge in [0, 0.05) is 14.4 Å². The first-order valence-electron chi connectivity index (χ1n) is 13.3. The van der Waals surface area contributed by atoms with E-state index >= 15 is 4.39 Å². The van der Waals surface area contributed by atoms with Gasteiger partial charge in [-0.2, -0.15) is 0 Å². The second-order valence-corrected chi connectivity index (χ2v) is 13.3. The van der Waals surface area contributed by atoms with Crippen LogP contribution in [0.2, 0.25) is 18.1 Å². The molecule has 4 rings (SSSR count). The van der Waals surface area contributed by atoms with E-state index in [1.807, 2.05) is 42.5 Å². The molecule has 3 aromatic rings. The van der Waals surface area contributed by atoms with Gasteiger partial charge in [0.15, 0.2) is 0 Å². The Kier molecular flexibility index (Phi) is 8.98. The molecule has 0 spiro atoms. The van der Waals surface area contributed by atoms with Crippen LogP contribution in [-0.2, 0) is 0 Å². The molecule has 180 valence electrons. The van der Waals surface area contributed by atoms with E-state index in [4.69, 9.17) is 4.74 Å². The SMILES string of the molecule is CCCCCOc1ccc(-c2c(-c3ccccc3)ccc(C3CC[SiH](CCC)CC3)c2F)cc1. The third kappa shape index (κ3) is 5.99. The summed E-state index contributed by atoms with van der Waals surface area (Å²) < 4.78 is 22.2. The van der Waals surface area contributed by atoms with Crippen LogP contribution in [0.4, 0.5) is 4.39 Å². The molecule has 0 aromatic heterocycles. The molecule has 0 aliphatic carbocycles. The Balaban J connectivity index is 1.64. The summed E-state index contributed by atoms with van der Waals surface area (Å²) in [7, 11) is -0.591. The lowest BCUT2D eigenvalue weighted by Gasteiger charge is -2.29. The molecule has 3 aromatic carbocycles. The highest BCUT2D eigenvalue weighted by Crippen LogP contribution is 2.42. The van der Waals surface area contributed by atoms with Gasteiger partial charge in [0.25, 0.3) is 0 Å². The van der Waals surface area contributed by atoms with Gasteiger partial charge in [-0.1, -0.05) is 106 Å². The van der Waals surface area contributed by atoms with Crippen molar-refractivity contribution in [3.63, 3.8) is 0 Å². The second-order valence-electron chi connectivity index (χ2n) is 9.84. The molecule has 0 atom stereocenters. The standard InChI is InChI=1S/C31H39FOSi/c1-3-5-9-20-33-27-14-12-26(13-15-27)30-28(24-10-7-6-8-11-24)16-17-29(31(30)32)25-18-22-34(21-4-2)23-19-25/h6-8,10-17,25,34H,3-5,9,18-23H2,1-2H3. The van der Waals surface area contributed by atoms with Gasteiger partial charge >= 0.3 is 0 Å². The monoisotopic (exact) mass is 474 g/mol. The summed E-state index contributed by atoms with van der Waals surface area (Å²) in [6.45, 7) is 5.23. The minimum atomic E-state index is -0.591. The van der Waals surface area contributed by atoms with Crippen molar-refractivity contribution in [2.45, 2.75) is 76.4 Å². The average Bonchev–Trinajstić information content (AvgIpc) is 2.88. The number of ether oxygens (including phenoxy) is 1. The average molecular weight is 475 g/mol. The molecule has 1 aliphatic heterocycles. The summed E-state index contributed by atoms with van der Waals surface area (Å²) in [5.74, 6) is 1.18. The lowest BCUT2D eigenvalue weighted by Crippen LogP contribution is -2.20. The fraction of sp³-hybridized carbons (Fsp3) is 0.419. The lowest BCUT2D eigenvalue weighted by molar-refractivity contribution is 0.306. The molecule has 34 heavy (non-hydrogen) atoms. The second kappa shape index (κ2) is 12.4. The quantitative estimate of drug-likeness (QED) is 0.210. The Labute approximate surface area is 207 Å². The first kappa shape index (κ1) is 24.7. The van der Waals surface area contributed by atoms with Crippen molar-refractivity contribution in [2.75, 3.05) is 6.61 Å². The molecule has 0 saturated carbocycles. The van der Waals surface area contributed by atoms with Crippen molar-refractivity contribution in [1.82, 2.24) is 0 Å². The Morgan fingerprint density at radius 1 is 0.824 bits per heavy atom. The molecule has 0 unspecified atom stereocenters. The summed E-state index contributed by atoms with van der Waals surface area (Å²) in [5, 5.41) is 0. The van der Waals surface area contributed by atoms with Crippen LogP contribution in [-0.4, -0.2) is 15.4 Å². The molecule has 1 fully saturated rings. The molecule has 0 amide bonds. The number of rotatable bonds is 10. The molecule has 3 heteroatoms. The Morgan fingerprint density at radius 3 is 2.24 bits per heavy atom. The van der Waals surface area contributed by atoms with Gasteiger partial charge in [0.2, 0.25) is 0 Å². The van der Waals surface area contributed by atoms with Gasteiger partial charge in [-0.25, -0.2) is 4.39 Å². The first-order chi connectivity index (χ1) is 16.7. The maximum Gasteiger partial charge on any atom is 0.135 e. The molecule has 0 N–H and O–H groups in total. The summed E-state index contributed by atoms with van der Waals surface area (Å²) in [6, 6.07) is 26.6. The maximum absolute atomic E-state index is 16.3. The Hall–Kier alpha value is -2.39. The van der Waals surface area contributed by atoms with Crippen molar-refractivity contribution < 1.29 is 9.13 Å². The number of benzene rings is 3. The molecule has 1 heterocycles. The molecule has 0 radical (unpaired) electrons. The van der Waals surface area contributed by atoms with Crippen LogP contribution in [0, 0.1) is 5.82 Å². The van der Waals surface area contributed by atoms with E-state index < -0.39 is 8.80 Å². The van der Waals surface area contributed by atoms with Crippen LogP contribution in [0.5, 0.6) is 5.75 Å². The summed E-state index contributed by atoms with van der Waals surface area (Å²) in [4.78, 5) is 0. The van der Waals surface area contributed by atoms with E-state index in [2.05, 4.69) is 38.1 Å². The normalized spacial score (nSPS) is 18.1. The van der Waals surface area contributed by atoms with Crippen LogP contribution in [0.1, 0.15) is 63.9 Å². The van der Waals surface area contributed by atoms with Gasteiger partial charge in [0.05, 0.1) is 6.61 Å². The smallest absolute Gasteiger partial charge is 0.135 e. The fourth-order valence-corrected chi connectivity index (χ4v) is 8.91. The summed E-state index contributed by atoms with van der Waals surface area (Å²) in [5.41, 5.74) is 4.59. The van der Waals surface area contributed by atoms with E-state index in [9.17, 15) is 0 Å². The number of unbranched alkanes of at least 4 members (excludes halogenated alkanes) is 2.